The molecule has 4 nitrogen and oxygen atoms in total. The van der Waals surface area contributed by atoms with Gasteiger partial charge in [-0.3, -0.25) is 4.79 Å². The molecule has 0 saturated heterocycles. The summed E-state index contributed by atoms with van der Waals surface area (Å²) in [5.74, 6) is 1.38. The monoisotopic (exact) mass is 395 g/mol. The Morgan fingerprint density at radius 3 is 2.48 bits per heavy atom. The lowest BCUT2D eigenvalue weighted by atomic mass is 10.1. The van der Waals surface area contributed by atoms with Crippen molar-refractivity contribution in [2.24, 2.45) is 0 Å². The molecular formula is C20H23F2NO3S. The smallest absolute Gasteiger partial charge is 0.387 e. The van der Waals surface area contributed by atoms with Gasteiger partial charge in [0.1, 0.15) is 0 Å². The average molecular weight is 395 g/mol. The van der Waals surface area contributed by atoms with Crippen molar-refractivity contribution in [2.75, 3.05) is 19.4 Å². The highest BCUT2D eigenvalue weighted by Crippen LogP contribution is 2.29. The van der Waals surface area contributed by atoms with E-state index in [4.69, 9.17) is 4.74 Å². The fraction of sp³-hybridized carbons (Fsp3) is 0.350. The van der Waals surface area contributed by atoms with E-state index in [-0.39, 0.29) is 17.4 Å². The predicted molar refractivity (Wildman–Crippen MR) is 104 cm³/mol. The Kier molecular flexibility index (Phi) is 8.39. The number of hydrogen-bond donors (Lipinski definition) is 1. The van der Waals surface area contributed by atoms with Crippen LogP contribution in [0.15, 0.2) is 42.5 Å². The lowest BCUT2D eigenvalue weighted by molar-refractivity contribution is -0.118. The van der Waals surface area contributed by atoms with E-state index in [1.54, 1.807) is 23.9 Å². The third kappa shape index (κ3) is 7.46. The van der Waals surface area contributed by atoms with Gasteiger partial charge in [-0.05, 0) is 36.6 Å². The van der Waals surface area contributed by atoms with Gasteiger partial charge < -0.3 is 14.8 Å². The SMILES string of the molecule is COc1cc(CCNC(=O)CSCc2ccc(C)cc2)ccc1OC(F)F. The summed E-state index contributed by atoms with van der Waals surface area (Å²) in [6.45, 7) is -0.400. The van der Waals surface area contributed by atoms with E-state index in [1.165, 1.54) is 24.3 Å². The zero-order valence-electron chi connectivity index (χ0n) is 15.3. The fourth-order valence-corrected chi connectivity index (χ4v) is 3.22. The number of carbonyl (C=O) groups is 1. The Balaban J connectivity index is 1.71. The van der Waals surface area contributed by atoms with Crippen molar-refractivity contribution in [1.29, 1.82) is 0 Å². The van der Waals surface area contributed by atoms with E-state index < -0.39 is 6.61 Å². The highest BCUT2D eigenvalue weighted by atomic mass is 32.2. The number of halogens is 2. The summed E-state index contributed by atoms with van der Waals surface area (Å²) in [6, 6.07) is 13.0. The first-order chi connectivity index (χ1) is 13.0. The minimum atomic E-state index is -2.90. The molecule has 0 bridgehead atoms. The average Bonchev–Trinajstić information content (AvgIpc) is 2.64. The summed E-state index contributed by atoms with van der Waals surface area (Å²) < 4.78 is 34.1. The Labute approximate surface area is 162 Å². The molecule has 0 radical (unpaired) electrons. The lowest BCUT2D eigenvalue weighted by Gasteiger charge is -2.11. The van der Waals surface area contributed by atoms with E-state index in [0.717, 1.165) is 11.3 Å². The number of ether oxygens (including phenoxy) is 2. The largest absolute Gasteiger partial charge is 0.493 e. The number of rotatable bonds is 10. The maximum absolute atomic E-state index is 12.3. The van der Waals surface area contributed by atoms with Crippen LogP contribution in [0, 0.1) is 6.92 Å². The number of benzene rings is 2. The van der Waals surface area contributed by atoms with Crippen molar-refractivity contribution in [3.63, 3.8) is 0 Å². The lowest BCUT2D eigenvalue weighted by Crippen LogP contribution is -2.27. The molecule has 0 aromatic heterocycles. The number of aryl methyl sites for hydroxylation is 1. The number of amides is 1. The minimum absolute atomic E-state index is 0.00667. The van der Waals surface area contributed by atoms with Crippen LogP contribution in [0.4, 0.5) is 8.78 Å². The normalized spacial score (nSPS) is 10.7. The number of methoxy groups -OCH3 is 1. The molecule has 0 fully saturated rings. The Bertz CT molecular complexity index is 739. The molecule has 1 N–H and O–H groups in total. The third-order valence-electron chi connectivity index (χ3n) is 3.80. The Hall–Kier alpha value is -2.28. The molecule has 0 saturated carbocycles. The summed E-state index contributed by atoms with van der Waals surface area (Å²) in [6.07, 6.45) is 0.569. The molecule has 146 valence electrons. The maximum atomic E-state index is 12.3. The van der Waals surface area contributed by atoms with Gasteiger partial charge in [0.15, 0.2) is 11.5 Å². The van der Waals surface area contributed by atoms with Gasteiger partial charge in [0.05, 0.1) is 12.9 Å². The Morgan fingerprint density at radius 2 is 1.81 bits per heavy atom. The first-order valence-corrected chi connectivity index (χ1v) is 9.65. The second-order valence-corrected chi connectivity index (χ2v) is 6.93. The van der Waals surface area contributed by atoms with Crippen LogP contribution in [-0.4, -0.2) is 31.9 Å². The number of nitrogens with one attached hydrogen (secondary N) is 1. The molecule has 2 aromatic rings. The minimum Gasteiger partial charge on any atom is -0.493 e. The second kappa shape index (κ2) is 10.8. The summed E-state index contributed by atoms with van der Waals surface area (Å²) in [7, 11) is 1.39. The third-order valence-corrected chi connectivity index (χ3v) is 4.81. The number of alkyl halides is 2. The van der Waals surface area contributed by atoms with E-state index in [9.17, 15) is 13.6 Å². The van der Waals surface area contributed by atoms with Crippen LogP contribution in [0.5, 0.6) is 11.5 Å². The predicted octanol–water partition coefficient (Wildman–Crippen LogP) is 4.20. The van der Waals surface area contributed by atoms with Crippen LogP contribution in [0.25, 0.3) is 0 Å². The molecule has 0 heterocycles. The summed E-state index contributed by atoms with van der Waals surface area (Å²) in [4.78, 5) is 11.9. The molecule has 0 atom stereocenters. The van der Waals surface area contributed by atoms with Crippen molar-refractivity contribution in [2.45, 2.75) is 25.7 Å². The van der Waals surface area contributed by atoms with E-state index in [0.29, 0.717) is 18.7 Å². The van der Waals surface area contributed by atoms with Crippen LogP contribution in [-0.2, 0) is 17.0 Å². The Morgan fingerprint density at radius 1 is 1.11 bits per heavy atom. The van der Waals surface area contributed by atoms with Crippen molar-refractivity contribution in [3.05, 3.63) is 59.2 Å². The summed E-state index contributed by atoms with van der Waals surface area (Å²) in [5.41, 5.74) is 3.27. The zero-order chi connectivity index (χ0) is 19.6. The van der Waals surface area contributed by atoms with Crippen molar-refractivity contribution in [1.82, 2.24) is 5.32 Å². The van der Waals surface area contributed by atoms with Crippen LogP contribution >= 0.6 is 11.8 Å². The molecule has 7 heteroatoms. The molecule has 2 aromatic carbocycles. The first-order valence-electron chi connectivity index (χ1n) is 8.49. The van der Waals surface area contributed by atoms with Gasteiger partial charge in [0.2, 0.25) is 5.91 Å². The van der Waals surface area contributed by atoms with E-state index >= 15 is 0 Å². The van der Waals surface area contributed by atoms with Crippen LogP contribution in [0.1, 0.15) is 16.7 Å². The van der Waals surface area contributed by atoms with E-state index in [1.807, 2.05) is 6.92 Å². The van der Waals surface area contributed by atoms with Gasteiger partial charge in [-0.25, -0.2) is 0 Å². The van der Waals surface area contributed by atoms with Crippen molar-refractivity contribution >= 4 is 17.7 Å². The van der Waals surface area contributed by atoms with Gasteiger partial charge >= 0.3 is 6.61 Å². The molecule has 27 heavy (non-hydrogen) atoms. The standard InChI is InChI=1S/C20H23F2NO3S/c1-14-3-5-16(6-4-14)12-27-13-19(24)23-10-9-15-7-8-17(26-20(21)22)18(11-15)25-2/h3-8,11,20H,9-10,12-13H2,1-2H3,(H,23,24). The fourth-order valence-electron chi connectivity index (χ4n) is 2.40. The topological polar surface area (TPSA) is 47.6 Å². The molecule has 2 rings (SSSR count). The van der Waals surface area contributed by atoms with Gasteiger partial charge in [-0.15, -0.1) is 11.8 Å². The molecule has 0 aliphatic rings. The maximum Gasteiger partial charge on any atom is 0.387 e. The first kappa shape index (κ1) is 21.0. The number of thioether (sulfide) groups is 1. The van der Waals surface area contributed by atoms with Crippen LogP contribution in [0.2, 0.25) is 0 Å². The van der Waals surface area contributed by atoms with Crippen LogP contribution in [0.3, 0.4) is 0 Å². The molecule has 1 amide bonds. The van der Waals surface area contributed by atoms with Crippen LogP contribution < -0.4 is 14.8 Å². The van der Waals surface area contributed by atoms with Crippen molar-refractivity contribution < 1.29 is 23.0 Å². The summed E-state index contributed by atoms with van der Waals surface area (Å²) in [5, 5.41) is 2.86. The van der Waals surface area contributed by atoms with E-state index in [2.05, 4.69) is 34.3 Å². The second-order valence-electron chi connectivity index (χ2n) is 5.94. The highest BCUT2D eigenvalue weighted by Gasteiger charge is 2.11. The zero-order valence-corrected chi connectivity index (χ0v) is 16.2. The number of carbonyl (C=O) groups excluding carboxylic acids is 1. The number of hydrogen-bond acceptors (Lipinski definition) is 4. The molecule has 0 aliphatic carbocycles. The molecule has 0 unspecified atom stereocenters. The molecular weight excluding hydrogens is 372 g/mol. The van der Waals surface area contributed by atoms with Gasteiger partial charge in [-0.2, -0.15) is 8.78 Å². The van der Waals surface area contributed by atoms with Crippen molar-refractivity contribution in [3.8, 4) is 11.5 Å². The molecule has 0 spiro atoms. The molecule has 0 aliphatic heterocycles. The van der Waals surface area contributed by atoms with Gasteiger partial charge in [0, 0.05) is 12.3 Å². The quantitative estimate of drug-likeness (QED) is 0.655. The van der Waals surface area contributed by atoms with Gasteiger partial charge in [-0.1, -0.05) is 35.9 Å². The summed E-state index contributed by atoms with van der Waals surface area (Å²) >= 11 is 1.56. The highest BCUT2D eigenvalue weighted by molar-refractivity contribution is 7.99. The van der Waals surface area contributed by atoms with Gasteiger partial charge in [0.25, 0.3) is 0 Å².